The van der Waals surface area contributed by atoms with Gasteiger partial charge in [0, 0.05) is 39.2 Å². The number of rotatable bonds is 9. The first kappa shape index (κ1) is 28.3. The van der Waals surface area contributed by atoms with Crippen molar-refractivity contribution in [2.24, 2.45) is 0 Å². The molecule has 1 atom stereocenters. The van der Waals surface area contributed by atoms with Gasteiger partial charge in [0.2, 0.25) is 0 Å². The van der Waals surface area contributed by atoms with Crippen molar-refractivity contribution in [1.82, 2.24) is 28.7 Å². The highest BCUT2D eigenvalue weighted by atomic mass is 35.5. The van der Waals surface area contributed by atoms with Crippen molar-refractivity contribution in [2.45, 2.75) is 51.8 Å². The van der Waals surface area contributed by atoms with Gasteiger partial charge < -0.3 is 14.2 Å². The Hall–Kier alpha value is -3.87. The van der Waals surface area contributed by atoms with E-state index in [0.717, 1.165) is 6.04 Å². The van der Waals surface area contributed by atoms with Crippen LogP contribution in [-0.4, -0.2) is 55.7 Å². The van der Waals surface area contributed by atoms with E-state index >= 15 is 0 Å². The highest BCUT2D eigenvalue weighted by Crippen LogP contribution is 2.40. The van der Waals surface area contributed by atoms with E-state index in [1.54, 1.807) is 18.5 Å². The summed E-state index contributed by atoms with van der Waals surface area (Å²) in [6, 6.07) is 7.97. The molecule has 0 N–H and O–H groups in total. The van der Waals surface area contributed by atoms with Crippen molar-refractivity contribution in [3.05, 3.63) is 81.6 Å². The van der Waals surface area contributed by atoms with Gasteiger partial charge >= 0.3 is 0 Å². The van der Waals surface area contributed by atoms with Gasteiger partial charge in [-0.15, -0.1) is 0 Å². The van der Waals surface area contributed by atoms with Crippen molar-refractivity contribution in [1.29, 1.82) is 0 Å². The van der Waals surface area contributed by atoms with Gasteiger partial charge in [-0.25, -0.2) is 18.9 Å². The maximum Gasteiger partial charge on any atom is 0.284 e. The lowest BCUT2D eigenvalue weighted by molar-refractivity contribution is 0.0895. The van der Waals surface area contributed by atoms with Crippen LogP contribution < -0.4 is 10.5 Å². The SMILES string of the molecule is CC(=O)c1cn(COCC[Si](C)(C)C)c2ncnc(N3CCC3c3nn4ccc(Cl)c4c(=O)n3-c3ccc(F)cc3)c12. The van der Waals surface area contributed by atoms with E-state index in [9.17, 15) is 14.0 Å². The summed E-state index contributed by atoms with van der Waals surface area (Å²) in [5, 5.41) is 5.70. The van der Waals surface area contributed by atoms with E-state index in [-0.39, 0.29) is 34.7 Å². The van der Waals surface area contributed by atoms with Gasteiger partial charge in [-0.3, -0.25) is 14.2 Å². The molecule has 0 radical (unpaired) electrons. The van der Waals surface area contributed by atoms with Crippen LogP contribution in [0.3, 0.4) is 0 Å². The summed E-state index contributed by atoms with van der Waals surface area (Å²) in [4.78, 5) is 37.7. The molecule has 0 amide bonds. The number of Topliss-reactive ketones (excluding diaryl/α,β-unsaturated/α-hetero) is 1. The van der Waals surface area contributed by atoms with Gasteiger partial charge in [-0.05, 0) is 49.7 Å². The molecule has 1 saturated heterocycles. The Morgan fingerprint density at radius 2 is 1.93 bits per heavy atom. The van der Waals surface area contributed by atoms with Gasteiger partial charge in [0.05, 0.1) is 22.1 Å². The second-order valence-electron chi connectivity index (χ2n) is 11.7. The fraction of sp³-hybridized carbons (Fsp3) is 0.345. The summed E-state index contributed by atoms with van der Waals surface area (Å²) >= 11 is 6.35. The fourth-order valence-electron chi connectivity index (χ4n) is 5.24. The van der Waals surface area contributed by atoms with E-state index in [0.29, 0.717) is 53.5 Å². The van der Waals surface area contributed by atoms with Crippen LogP contribution in [0.2, 0.25) is 30.7 Å². The topological polar surface area (TPSA) is 99.6 Å². The Bertz CT molecular complexity index is 1880. The third-order valence-electron chi connectivity index (χ3n) is 7.58. The summed E-state index contributed by atoms with van der Waals surface area (Å²) < 4.78 is 24.6. The molecule has 4 aromatic heterocycles. The van der Waals surface area contributed by atoms with Gasteiger partial charge in [0.25, 0.3) is 5.56 Å². The summed E-state index contributed by atoms with van der Waals surface area (Å²) in [6.07, 6.45) is 5.56. The predicted octanol–water partition coefficient (Wildman–Crippen LogP) is 5.49. The van der Waals surface area contributed by atoms with Crippen LogP contribution in [-0.2, 0) is 11.5 Å². The van der Waals surface area contributed by atoms with Crippen molar-refractivity contribution in [2.75, 3.05) is 18.1 Å². The molecule has 1 aliphatic rings. The predicted molar refractivity (Wildman–Crippen MR) is 162 cm³/mol. The molecular weight excluding hydrogens is 577 g/mol. The van der Waals surface area contributed by atoms with Gasteiger partial charge in [0.1, 0.15) is 35.9 Å². The van der Waals surface area contributed by atoms with Crippen molar-refractivity contribution in [3.63, 3.8) is 0 Å². The standard InChI is InChI=1S/C29H31ClFN7O3Si/c1-18(39)21-15-35(17-41-13-14-42(2,3)4)27-24(21)28(33-16-32-27)36-11-10-23(36)26-34-37-12-9-22(30)25(37)29(40)38(26)20-7-5-19(31)6-8-20/h5-9,12,15-16,23H,10-11,13-14,17H2,1-4H3. The normalized spacial score (nSPS) is 15.5. The molecule has 1 unspecified atom stereocenters. The molecule has 6 rings (SSSR count). The number of anilines is 1. The number of benzene rings is 1. The Morgan fingerprint density at radius 1 is 1.17 bits per heavy atom. The molecule has 1 fully saturated rings. The Balaban J connectivity index is 1.44. The van der Waals surface area contributed by atoms with Crippen molar-refractivity contribution >= 4 is 47.8 Å². The first-order valence-electron chi connectivity index (χ1n) is 13.8. The lowest BCUT2D eigenvalue weighted by atomic mass is 10.0. The number of aromatic nitrogens is 6. The second-order valence-corrected chi connectivity index (χ2v) is 17.8. The van der Waals surface area contributed by atoms with Gasteiger partial charge in [-0.1, -0.05) is 31.2 Å². The molecule has 5 aromatic rings. The number of fused-ring (bicyclic) bond motifs is 2. The average molecular weight is 608 g/mol. The van der Waals surface area contributed by atoms with Crippen LogP contribution >= 0.6 is 11.6 Å². The lowest BCUT2D eigenvalue weighted by Crippen LogP contribution is -2.45. The Labute approximate surface area is 247 Å². The number of carbonyl (C=O) groups excluding carboxylic acids is 1. The Morgan fingerprint density at radius 3 is 2.60 bits per heavy atom. The molecule has 1 aromatic carbocycles. The summed E-state index contributed by atoms with van der Waals surface area (Å²) in [7, 11) is -1.25. The Kier molecular flexibility index (Phi) is 7.23. The van der Waals surface area contributed by atoms with Gasteiger partial charge in [0.15, 0.2) is 11.6 Å². The highest BCUT2D eigenvalue weighted by molar-refractivity contribution is 6.76. The van der Waals surface area contributed by atoms with E-state index < -0.39 is 13.9 Å². The number of ether oxygens (including phenoxy) is 1. The zero-order valence-electron chi connectivity index (χ0n) is 23.8. The minimum absolute atomic E-state index is 0.112. The first-order valence-corrected chi connectivity index (χ1v) is 17.9. The molecule has 42 heavy (non-hydrogen) atoms. The number of halogens is 2. The number of ketones is 1. The maximum atomic E-state index is 13.8. The molecular formula is C29H31ClFN7O3Si. The molecule has 13 heteroatoms. The van der Waals surface area contributed by atoms with Crippen LogP contribution in [0, 0.1) is 5.82 Å². The first-order chi connectivity index (χ1) is 20.0. The van der Waals surface area contributed by atoms with Crippen LogP contribution in [0.4, 0.5) is 10.2 Å². The maximum absolute atomic E-state index is 13.8. The zero-order valence-corrected chi connectivity index (χ0v) is 25.6. The second kappa shape index (κ2) is 10.8. The van der Waals surface area contributed by atoms with Crippen LogP contribution in [0.15, 0.2) is 53.8 Å². The average Bonchev–Trinajstić information content (AvgIpc) is 3.48. The lowest BCUT2D eigenvalue weighted by Gasteiger charge is -2.42. The number of hydrogen-bond acceptors (Lipinski definition) is 7. The molecule has 10 nitrogen and oxygen atoms in total. The summed E-state index contributed by atoms with van der Waals surface area (Å²) in [5.41, 5.74) is 1.42. The summed E-state index contributed by atoms with van der Waals surface area (Å²) in [5.74, 6) is 0.497. The molecule has 218 valence electrons. The van der Waals surface area contributed by atoms with Crippen molar-refractivity contribution < 1.29 is 13.9 Å². The molecule has 0 bridgehead atoms. The quantitative estimate of drug-likeness (QED) is 0.124. The molecule has 0 spiro atoms. The van der Waals surface area contributed by atoms with Crippen molar-refractivity contribution in [3.8, 4) is 5.69 Å². The van der Waals surface area contributed by atoms with E-state index in [1.165, 1.54) is 46.6 Å². The molecule has 0 aliphatic carbocycles. The van der Waals surface area contributed by atoms with Crippen LogP contribution in [0.25, 0.3) is 22.2 Å². The highest BCUT2D eigenvalue weighted by Gasteiger charge is 2.37. The summed E-state index contributed by atoms with van der Waals surface area (Å²) in [6.45, 7) is 9.94. The molecule has 0 saturated carbocycles. The number of nitrogens with zero attached hydrogens (tertiary/aromatic N) is 7. The molecule has 1 aliphatic heterocycles. The fourth-order valence-corrected chi connectivity index (χ4v) is 6.22. The minimum Gasteiger partial charge on any atom is -0.361 e. The number of carbonyl (C=O) groups is 1. The van der Waals surface area contributed by atoms with Crippen LogP contribution in [0.1, 0.15) is 35.6 Å². The number of hydrogen-bond donors (Lipinski definition) is 0. The monoisotopic (exact) mass is 607 g/mol. The minimum atomic E-state index is -1.25. The van der Waals surface area contributed by atoms with Crippen LogP contribution in [0.5, 0.6) is 0 Å². The van der Waals surface area contributed by atoms with E-state index in [1.807, 2.05) is 9.47 Å². The zero-order chi connectivity index (χ0) is 29.8. The smallest absolute Gasteiger partial charge is 0.284 e. The third kappa shape index (κ3) is 5.03. The van der Waals surface area contributed by atoms with E-state index in [2.05, 4.69) is 29.6 Å². The third-order valence-corrected chi connectivity index (χ3v) is 9.59. The largest absolute Gasteiger partial charge is 0.361 e. The van der Waals surface area contributed by atoms with E-state index in [4.69, 9.17) is 21.4 Å². The molecule has 5 heterocycles. The van der Waals surface area contributed by atoms with Gasteiger partial charge in [-0.2, -0.15) is 5.10 Å².